The van der Waals surface area contributed by atoms with Crippen LogP contribution in [0.2, 0.25) is 0 Å². The lowest BCUT2D eigenvalue weighted by molar-refractivity contribution is -0.117. The van der Waals surface area contributed by atoms with Gasteiger partial charge < -0.3 is 19.4 Å². The Morgan fingerprint density at radius 1 is 1.15 bits per heavy atom. The van der Waals surface area contributed by atoms with Gasteiger partial charge >= 0.3 is 0 Å². The van der Waals surface area contributed by atoms with Crippen LogP contribution in [0.15, 0.2) is 47.3 Å². The van der Waals surface area contributed by atoms with Crippen molar-refractivity contribution in [2.75, 3.05) is 44.6 Å². The summed E-state index contributed by atoms with van der Waals surface area (Å²) in [5.41, 5.74) is 1.23. The van der Waals surface area contributed by atoms with Crippen LogP contribution in [0, 0.1) is 0 Å². The van der Waals surface area contributed by atoms with Crippen LogP contribution in [0.25, 0.3) is 0 Å². The number of nitrogens with one attached hydrogen (secondary N) is 1. The van der Waals surface area contributed by atoms with Crippen LogP contribution in [0.1, 0.15) is 17.3 Å². The molecular formula is C19H23N3O4. The van der Waals surface area contributed by atoms with Crippen molar-refractivity contribution in [3.8, 4) is 5.75 Å². The second-order valence-corrected chi connectivity index (χ2v) is 6.06. The first-order valence-corrected chi connectivity index (χ1v) is 8.73. The number of para-hydroxylation sites is 2. The number of carbonyl (C=O) groups excluding carboxylic acids is 2. The minimum Gasteiger partial charge on any atom is -0.492 e. The number of hydrogen-bond donors (Lipinski definition) is 1. The first-order valence-electron chi connectivity index (χ1n) is 8.73. The second-order valence-electron chi connectivity index (χ2n) is 6.06. The fraction of sp³-hybridized carbons (Fsp3) is 0.368. The molecule has 0 bridgehead atoms. The molecule has 2 heterocycles. The highest BCUT2D eigenvalue weighted by Crippen LogP contribution is 2.23. The number of anilines is 1. The standard InChI is InChI=1S/C19H23N3O4/c1-2-26-17-6-4-3-5-16(17)20-18(23)13-21-8-10-22(11-9-21)19(24)15-7-12-25-14-15/h3-7,12,14H,2,8-11,13H2,1H3,(H,20,23). The summed E-state index contributed by atoms with van der Waals surface area (Å²) in [6, 6.07) is 9.05. The average molecular weight is 357 g/mol. The van der Waals surface area contributed by atoms with Crippen molar-refractivity contribution in [1.29, 1.82) is 0 Å². The monoisotopic (exact) mass is 357 g/mol. The maximum atomic E-state index is 12.3. The first-order chi connectivity index (χ1) is 12.7. The van der Waals surface area contributed by atoms with Crippen LogP contribution in [-0.4, -0.2) is 60.9 Å². The number of hydrogen-bond acceptors (Lipinski definition) is 5. The fourth-order valence-corrected chi connectivity index (χ4v) is 2.92. The van der Waals surface area contributed by atoms with Crippen LogP contribution >= 0.6 is 0 Å². The van der Waals surface area contributed by atoms with E-state index in [1.807, 2.05) is 36.1 Å². The highest BCUT2D eigenvalue weighted by atomic mass is 16.5. The molecule has 1 aliphatic heterocycles. The molecule has 0 atom stereocenters. The lowest BCUT2D eigenvalue weighted by atomic mass is 10.2. The van der Waals surface area contributed by atoms with Gasteiger partial charge in [0.25, 0.3) is 5.91 Å². The molecule has 1 N–H and O–H groups in total. The maximum Gasteiger partial charge on any atom is 0.257 e. The van der Waals surface area contributed by atoms with Gasteiger partial charge in [0.2, 0.25) is 5.91 Å². The van der Waals surface area contributed by atoms with Gasteiger partial charge in [-0.05, 0) is 25.1 Å². The summed E-state index contributed by atoms with van der Waals surface area (Å²) in [6.45, 7) is 5.23. The Labute approximate surface area is 152 Å². The molecule has 0 radical (unpaired) electrons. The molecule has 0 saturated carbocycles. The van der Waals surface area contributed by atoms with E-state index < -0.39 is 0 Å². The van der Waals surface area contributed by atoms with E-state index in [4.69, 9.17) is 9.15 Å². The van der Waals surface area contributed by atoms with Gasteiger partial charge in [-0.2, -0.15) is 0 Å². The predicted molar refractivity (Wildman–Crippen MR) is 97.3 cm³/mol. The number of amides is 2. The molecule has 26 heavy (non-hydrogen) atoms. The van der Waals surface area contributed by atoms with E-state index in [9.17, 15) is 9.59 Å². The third-order valence-electron chi connectivity index (χ3n) is 4.26. The first kappa shape index (κ1) is 18.0. The number of furan rings is 1. The summed E-state index contributed by atoms with van der Waals surface area (Å²) in [7, 11) is 0. The topological polar surface area (TPSA) is 75.0 Å². The zero-order valence-electron chi connectivity index (χ0n) is 14.8. The van der Waals surface area contributed by atoms with E-state index in [1.165, 1.54) is 12.5 Å². The van der Waals surface area contributed by atoms with E-state index in [0.29, 0.717) is 49.8 Å². The summed E-state index contributed by atoms with van der Waals surface area (Å²) in [5, 5.41) is 2.90. The zero-order chi connectivity index (χ0) is 18.4. The van der Waals surface area contributed by atoms with Crippen molar-refractivity contribution in [1.82, 2.24) is 9.80 Å². The van der Waals surface area contributed by atoms with E-state index in [2.05, 4.69) is 5.32 Å². The Morgan fingerprint density at radius 3 is 2.62 bits per heavy atom. The molecule has 1 aliphatic rings. The molecule has 3 rings (SSSR count). The number of nitrogens with zero attached hydrogens (tertiary/aromatic N) is 2. The molecule has 0 aliphatic carbocycles. The number of rotatable bonds is 6. The van der Waals surface area contributed by atoms with Crippen molar-refractivity contribution >= 4 is 17.5 Å². The van der Waals surface area contributed by atoms with Crippen molar-refractivity contribution in [2.24, 2.45) is 0 Å². The molecule has 7 nitrogen and oxygen atoms in total. The van der Waals surface area contributed by atoms with Gasteiger partial charge in [0.15, 0.2) is 0 Å². The van der Waals surface area contributed by atoms with Crippen molar-refractivity contribution in [2.45, 2.75) is 6.92 Å². The number of carbonyl (C=O) groups is 2. The molecule has 7 heteroatoms. The fourth-order valence-electron chi connectivity index (χ4n) is 2.92. The van der Waals surface area contributed by atoms with Crippen LogP contribution < -0.4 is 10.1 Å². The van der Waals surface area contributed by atoms with Crippen LogP contribution in [0.3, 0.4) is 0 Å². The van der Waals surface area contributed by atoms with Crippen molar-refractivity contribution in [3.05, 3.63) is 48.4 Å². The molecule has 1 aromatic heterocycles. The summed E-state index contributed by atoms with van der Waals surface area (Å²) in [5.74, 6) is 0.541. The Bertz CT molecular complexity index is 737. The van der Waals surface area contributed by atoms with E-state index in [1.54, 1.807) is 11.0 Å². The average Bonchev–Trinajstić information content (AvgIpc) is 3.18. The Hall–Kier alpha value is -2.80. The van der Waals surface area contributed by atoms with Gasteiger partial charge in [-0.15, -0.1) is 0 Å². The highest BCUT2D eigenvalue weighted by Gasteiger charge is 2.24. The van der Waals surface area contributed by atoms with Crippen LogP contribution in [0.4, 0.5) is 5.69 Å². The normalized spacial score (nSPS) is 14.9. The molecule has 0 spiro atoms. The van der Waals surface area contributed by atoms with Crippen molar-refractivity contribution in [3.63, 3.8) is 0 Å². The predicted octanol–water partition coefficient (Wildman–Crippen LogP) is 2.07. The molecular weight excluding hydrogens is 334 g/mol. The van der Waals surface area contributed by atoms with Crippen molar-refractivity contribution < 1.29 is 18.7 Å². The van der Waals surface area contributed by atoms with Gasteiger partial charge in [-0.1, -0.05) is 12.1 Å². The van der Waals surface area contributed by atoms with Gasteiger partial charge in [0, 0.05) is 26.2 Å². The third kappa shape index (κ3) is 4.43. The van der Waals surface area contributed by atoms with Crippen LogP contribution in [-0.2, 0) is 4.79 Å². The summed E-state index contributed by atoms with van der Waals surface area (Å²) in [4.78, 5) is 28.4. The van der Waals surface area contributed by atoms with Gasteiger partial charge in [0.1, 0.15) is 12.0 Å². The summed E-state index contributed by atoms with van der Waals surface area (Å²) in [6.07, 6.45) is 2.95. The Balaban J connectivity index is 1.49. The maximum absolute atomic E-state index is 12.3. The second kappa shape index (κ2) is 8.53. The van der Waals surface area contributed by atoms with Gasteiger partial charge in [-0.25, -0.2) is 0 Å². The smallest absolute Gasteiger partial charge is 0.257 e. The van der Waals surface area contributed by atoms with E-state index in [0.717, 1.165) is 0 Å². The zero-order valence-corrected chi connectivity index (χ0v) is 14.8. The SMILES string of the molecule is CCOc1ccccc1NC(=O)CN1CCN(C(=O)c2ccoc2)CC1. The largest absolute Gasteiger partial charge is 0.492 e. The minimum atomic E-state index is -0.0910. The summed E-state index contributed by atoms with van der Waals surface area (Å²) >= 11 is 0. The molecule has 0 unspecified atom stereocenters. The quantitative estimate of drug-likeness (QED) is 0.857. The highest BCUT2D eigenvalue weighted by molar-refractivity contribution is 5.94. The van der Waals surface area contributed by atoms with E-state index in [-0.39, 0.29) is 18.4 Å². The molecule has 1 aromatic carbocycles. The number of ether oxygens (including phenoxy) is 1. The lowest BCUT2D eigenvalue weighted by Gasteiger charge is -2.34. The summed E-state index contributed by atoms with van der Waals surface area (Å²) < 4.78 is 10.5. The van der Waals surface area contributed by atoms with Crippen LogP contribution in [0.5, 0.6) is 5.75 Å². The van der Waals surface area contributed by atoms with Gasteiger partial charge in [-0.3, -0.25) is 14.5 Å². The Morgan fingerprint density at radius 2 is 1.92 bits per heavy atom. The Kier molecular flexibility index (Phi) is 5.91. The van der Waals surface area contributed by atoms with Gasteiger partial charge in [0.05, 0.1) is 30.7 Å². The molecule has 1 fully saturated rings. The third-order valence-corrected chi connectivity index (χ3v) is 4.26. The minimum absolute atomic E-state index is 0.0338. The molecule has 2 aromatic rings. The van der Waals surface area contributed by atoms with E-state index >= 15 is 0 Å². The molecule has 1 saturated heterocycles. The molecule has 2 amide bonds. The number of piperazine rings is 1. The number of benzene rings is 1. The molecule has 138 valence electrons. The lowest BCUT2D eigenvalue weighted by Crippen LogP contribution is -2.50.